The molecule has 1 aromatic carbocycles. The van der Waals surface area contributed by atoms with Crippen molar-refractivity contribution in [2.45, 2.75) is 17.9 Å². The first-order chi connectivity index (χ1) is 9.99. The van der Waals surface area contributed by atoms with Gasteiger partial charge < -0.3 is 4.74 Å². The topological polar surface area (TPSA) is 68.3 Å². The number of aryl methyl sites for hydroxylation is 1. The standard InChI is InChI=1S/C14H17BrN2O3S/c1-10-5-6-13(12-4-3-7-16-14(10)12)21(18,19)17-11(8-15)9-20-2/h3-7,11,17H,8-9H2,1-2H3. The quantitative estimate of drug-likeness (QED) is 0.789. The number of ether oxygens (including phenoxy) is 1. The van der Waals surface area contributed by atoms with Crippen LogP contribution in [-0.2, 0) is 14.8 Å². The van der Waals surface area contributed by atoms with E-state index in [1.807, 2.05) is 6.92 Å². The number of nitrogens with zero attached hydrogens (tertiary/aromatic N) is 1. The Balaban J connectivity index is 2.48. The molecule has 0 fully saturated rings. The summed E-state index contributed by atoms with van der Waals surface area (Å²) in [5.74, 6) is 0. The molecule has 2 aromatic rings. The lowest BCUT2D eigenvalue weighted by Crippen LogP contribution is -2.39. The van der Waals surface area contributed by atoms with Crippen molar-refractivity contribution in [1.82, 2.24) is 9.71 Å². The fourth-order valence-electron chi connectivity index (χ4n) is 2.12. The Bertz CT molecular complexity index is 734. The highest BCUT2D eigenvalue weighted by atomic mass is 79.9. The van der Waals surface area contributed by atoms with Crippen molar-refractivity contribution in [3.05, 3.63) is 36.0 Å². The molecule has 0 saturated heterocycles. The molecular weight excluding hydrogens is 356 g/mol. The first kappa shape index (κ1) is 16.4. The first-order valence-corrected chi connectivity index (χ1v) is 9.01. The largest absolute Gasteiger partial charge is 0.383 e. The molecule has 1 N–H and O–H groups in total. The van der Waals surface area contributed by atoms with Crippen LogP contribution < -0.4 is 4.72 Å². The van der Waals surface area contributed by atoms with Crippen molar-refractivity contribution in [2.75, 3.05) is 19.0 Å². The lowest BCUT2D eigenvalue weighted by molar-refractivity contribution is 0.182. The number of methoxy groups -OCH3 is 1. The van der Waals surface area contributed by atoms with Crippen LogP contribution in [0.5, 0.6) is 0 Å². The molecule has 0 spiro atoms. The smallest absolute Gasteiger partial charge is 0.241 e. The van der Waals surface area contributed by atoms with E-state index in [4.69, 9.17) is 4.74 Å². The highest BCUT2D eigenvalue weighted by Gasteiger charge is 2.22. The highest BCUT2D eigenvalue weighted by Crippen LogP contribution is 2.24. The van der Waals surface area contributed by atoms with E-state index in [-0.39, 0.29) is 10.9 Å². The number of aromatic nitrogens is 1. The summed E-state index contributed by atoms with van der Waals surface area (Å²) in [4.78, 5) is 4.50. The summed E-state index contributed by atoms with van der Waals surface area (Å²) in [6, 6.07) is 6.55. The number of hydrogen-bond acceptors (Lipinski definition) is 4. The van der Waals surface area contributed by atoms with Crippen LogP contribution in [0.15, 0.2) is 35.4 Å². The minimum Gasteiger partial charge on any atom is -0.383 e. The van der Waals surface area contributed by atoms with E-state index in [0.29, 0.717) is 22.8 Å². The van der Waals surface area contributed by atoms with Gasteiger partial charge in [-0.3, -0.25) is 4.98 Å². The monoisotopic (exact) mass is 372 g/mol. The number of halogens is 1. The second-order valence-corrected chi connectivity index (χ2v) is 7.04. The molecule has 0 aliphatic heterocycles. The van der Waals surface area contributed by atoms with Gasteiger partial charge in [-0.15, -0.1) is 0 Å². The molecule has 1 atom stereocenters. The number of benzene rings is 1. The third-order valence-corrected chi connectivity index (χ3v) is 5.46. The van der Waals surface area contributed by atoms with Gasteiger partial charge in [0.1, 0.15) is 0 Å². The van der Waals surface area contributed by atoms with Crippen LogP contribution in [0, 0.1) is 6.92 Å². The van der Waals surface area contributed by atoms with Gasteiger partial charge in [0.25, 0.3) is 0 Å². The van der Waals surface area contributed by atoms with E-state index in [0.717, 1.165) is 5.56 Å². The number of sulfonamides is 1. The number of alkyl halides is 1. The Morgan fingerprint density at radius 1 is 1.38 bits per heavy atom. The van der Waals surface area contributed by atoms with Gasteiger partial charge in [0.2, 0.25) is 10.0 Å². The number of pyridine rings is 1. The lowest BCUT2D eigenvalue weighted by Gasteiger charge is -2.16. The zero-order valence-corrected chi connectivity index (χ0v) is 14.2. The third kappa shape index (κ3) is 3.60. The molecule has 7 heteroatoms. The molecule has 0 aliphatic rings. The summed E-state index contributed by atoms with van der Waals surface area (Å²) in [7, 11) is -2.10. The predicted octanol–water partition coefficient (Wildman–Crippen LogP) is 2.23. The zero-order valence-electron chi connectivity index (χ0n) is 11.8. The van der Waals surface area contributed by atoms with Crippen LogP contribution in [0.25, 0.3) is 10.9 Å². The van der Waals surface area contributed by atoms with Crippen molar-refractivity contribution in [1.29, 1.82) is 0 Å². The van der Waals surface area contributed by atoms with Gasteiger partial charge in [-0.25, -0.2) is 13.1 Å². The molecule has 21 heavy (non-hydrogen) atoms. The highest BCUT2D eigenvalue weighted by molar-refractivity contribution is 9.09. The molecular formula is C14H17BrN2O3S. The second kappa shape index (κ2) is 6.83. The van der Waals surface area contributed by atoms with Crippen LogP contribution >= 0.6 is 15.9 Å². The van der Waals surface area contributed by atoms with Crippen LogP contribution in [-0.4, -0.2) is 38.5 Å². The fourth-order valence-corrected chi connectivity index (χ4v) is 4.10. The summed E-state index contributed by atoms with van der Waals surface area (Å²) >= 11 is 3.28. The predicted molar refractivity (Wildman–Crippen MR) is 86.3 cm³/mol. The molecule has 1 heterocycles. The van der Waals surface area contributed by atoms with Gasteiger partial charge in [0.15, 0.2) is 0 Å². The zero-order chi connectivity index (χ0) is 15.5. The van der Waals surface area contributed by atoms with Gasteiger partial charge in [-0.05, 0) is 30.7 Å². The van der Waals surface area contributed by atoms with E-state index in [1.54, 1.807) is 30.5 Å². The normalized spacial score (nSPS) is 13.5. The maximum absolute atomic E-state index is 12.6. The van der Waals surface area contributed by atoms with Crippen molar-refractivity contribution < 1.29 is 13.2 Å². The van der Waals surface area contributed by atoms with Crippen molar-refractivity contribution in [2.24, 2.45) is 0 Å². The summed E-state index contributed by atoms with van der Waals surface area (Å²) in [5.41, 5.74) is 1.64. The van der Waals surface area contributed by atoms with Crippen molar-refractivity contribution in [3.63, 3.8) is 0 Å². The number of rotatable bonds is 6. The van der Waals surface area contributed by atoms with E-state index in [9.17, 15) is 8.42 Å². The van der Waals surface area contributed by atoms with Crippen molar-refractivity contribution in [3.8, 4) is 0 Å². The van der Waals surface area contributed by atoms with E-state index in [2.05, 4.69) is 25.6 Å². The Hall–Kier alpha value is -1.02. The van der Waals surface area contributed by atoms with Crippen LogP contribution in [0.4, 0.5) is 0 Å². The molecule has 1 aromatic heterocycles. The maximum atomic E-state index is 12.6. The second-order valence-electron chi connectivity index (χ2n) is 4.71. The third-order valence-electron chi connectivity index (χ3n) is 3.10. The van der Waals surface area contributed by atoms with E-state index in [1.165, 1.54) is 7.11 Å². The Morgan fingerprint density at radius 3 is 2.81 bits per heavy atom. The average Bonchev–Trinajstić information content (AvgIpc) is 2.47. The summed E-state index contributed by atoms with van der Waals surface area (Å²) in [6.07, 6.45) is 1.66. The van der Waals surface area contributed by atoms with E-state index >= 15 is 0 Å². The molecule has 0 aliphatic carbocycles. The van der Waals surface area contributed by atoms with E-state index < -0.39 is 10.0 Å². The minimum absolute atomic E-state index is 0.234. The molecule has 0 saturated carbocycles. The molecule has 1 unspecified atom stereocenters. The van der Waals surface area contributed by atoms with Crippen LogP contribution in [0.3, 0.4) is 0 Å². The van der Waals surface area contributed by atoms with Gasteiger partial charge in [0, 0.05) is 24.0 Å². The van der Waals surface area contributed by atoms with Gasteiger partial charge >= 0.3 is 0 Å². The molecule has 2 rings (SSSR count). The van der Waals surface area contributed by atoms with Crippen LogP contribution in [0.1, 0.15) is 5.56 Å². The SMILES string of the molecule is COCC(CBr)NS(=O)(=O)c1ccc(C)c2ncccc12. The molecule has 0 bridgehead atoms. The fraction of sp³-hybridized carbons (Fsp3) is 0.357. The minimum atomic E-state index is -3.64. The molecule has 0 radical (unpaired) electrons. The first-order valence-electron chi connectivity index (χ1n) is 6.41. The summed E-state index contributed by atoms with van der Waals surface area (Å²) < 4.78 is 32.8. The molecule has 0 amide bonds. The molecule has 114 valence electrons. The summed E-state index contributed by atoms with van der Waals surface area (Å²) in [6.45, 7) is 2.21. The maximum Gasteiger partial charge on any atom is 0.241 e. The lowest BCUT2D eigenvalue weighted by atomic mass is 10.1. The Morgan fingerprint density at radius 2 is 2.14 bits per heavy atom. The number of nitrogens with one attached hydrogen (secondary N) is 1. The summed E-state index contributed by atoms with van der Waals surface area (Å²) in [5, 5.41) is 1.10. The number of hydrogen-bond donors (Lipinski definition) is 1. The molecule has 5 nitrogen and oxygen atoms in total. The number of fused-ring (bicyclic) bond motifs is 1. The Kier molecular flexibility index (Phi) is 5.32. The van der Waals surface area contributed by atoms with Gasteiger partial charge in [-0.2, -0.15) is 0 Å². The van der Waals surface area contributed by atoms with Gasteiger partial charge in [0.05, 0.1) is 23.1 Å². The van der Waals surface area contributed by atoms with Gasteiger partial charge in [-0.1, -0.05) is 22.0 Å². The average molecular weight is 373 g/mol. The Labute approximate surface area is 132 Å². The van der Waals surface area contributed by atoms with Crippen LogP contribution in [0.2, 0.25) is 0 Å². The van der Waals surface area contributed by atoms with Crippen molar-refractivity contribution >= 4 is 36.9 Å².